The summed E-state index contributed by atoms with van der Waals surface area (Å²) in [6, 6.07) is 0.496. The monoisotopic (exact) mass is 210 g/mol. The number of nitrogens with zero attached hydrogens (tertiary/aromatic N) is 2. The molecule has 2 nitrogen and oxygen atoms in total. The number of hydrogen-bond acceptors (Lipinski definition) is 3. The van der Waals surface area contributed by atoms with Crippen molar-refractivity contribution in [2.75, 3.05) is 25.1 Å². The van der Waals surface area contributed by atoms with Gasteiger partial charge in [0.15, 0.2) is 0 Å². The van der Waals surface area contributed by atoms with Crippen LogP contribution in [0.4, 0.5) is 0 Å². The highest BCUT2D eigenvalue weighted by molar-refractivity contribution is 7.99. The quantitative estimate of drug-likeness (QED) is 0.524. The Morgan fingerprint density at radius 2 is 2.43 bits per heavy atom. The van der Waals surface area contributed by atoms with Crippen LogP contribution in [0.5, 0.6) is 0 Å². The molecule has 0 bridgehead atoms. The van der Waals surface area contributed by atoms with Crippen LogP contribution in [0.1, 0.15) is 6.92 Å². The lowest BCUT2D eigenvalue weighted by atomic mass is 10.1. The maximum atomic E-state index is 3.87. The Bertz CT molecular complexity index is 246. The Morgan fingerprint density at radius 3 is 3.00 bits per heavy atom. The second kappa shape index (κ2) is 6.04. The number of thioether (sulfide) groups is 1. The van der Waals surface area contributed by atoms with Crippen molar-refractivity contribution in [2.45, 2.75) is 13.0 Å². The van der Waals surface area contributed by atoms with Gasteiger partial charge in [0.2, 0.25) is 0 Å². The van der Waals surface area contributed by atoms with Gasteiger partial charge in [-0.2, -0.15) is 11.8 Å². The van der Waals surface area contributed by atoms with Crippen molar-refractivity contribution in [1.82, 2.24) is 4.90 Å². The van der Waals surface area contributed by atoms with E-state index in [2.05, 4.69) is 35.8 Å². The number of likely N-dealkylation sites (N-methyl/N-ethyl adjacent to an activating group) is 1. The number of aliphatic imine (C=N–C) groups is 1. The summed E-state index contributed by atoms with van der Waals surface area (Å²) < 4.78 is 0. The van der Waals surface area contributed by atoms with E-state index in [-0.39, 0.29) is 0 Å². The van der Waals surface area contributed by atoms with Gasteiger partial charge in [-0.05, 0) is 26.3 Å². The molecule has 1 saturated heterocycles. The van der Waals surface area contributed by atoms with Crippen LogP contribution in [-0.2, 0) is 0 Å². The zero-order valence-electron chi connectivity index (χ0n) is 8.94. The largest absolute Gasteiger partial charge is 0.298 e. The topological polar surface area (TPSA) is 15.6 Å². The summed E-state index contributed by atoms with van der Waals surface area (Å²) in [5.41, 5.74) is 1.26. The minimum Gasteiger partial charge on any atom is -0.298 e. The molecule has 1 fully saturated rings. The Balaban J connectivity index is 2.75. The highest BCUT2D eigenvalue weighted by atomic mass is 32.2. The van der Waals surface area contributed by atoms with Crippen LogP contribution in [0.2, 0.25) is 0 Å². The third-order valence-corrected chi connectivity index (χ3v) is 3.40. The molecule has 0 aliphatic carbocycles. The first-order valence-electron chi connectivity index (χ1n) is 4.86. The lowest BCUT2D eigenvalue weighted by Crippen LogP contribution is -2.40. The summed E-state index contributed by atoms with van der Waals surface area (Å²) in [5.74, 6) is 2.39. The van der Waals surface area contributed by atoms with Gasteiger partial charge in [-0.3, -0.25) is 9.89 Å². The first kappa shape index (κ1) is 11.5. The summed E-state index contributed by atoms with van der Waals surface area (Å²) in [6.45, 7) is 6.71. The molecule has 0 N–H and O–H groups in total. The van der Waals surface area contributed by atoms with Crippen molar-refractivity contribution in [3.63, 3.8) is 0 Å². The van der Waals surface area contributed by atoms with Crippen LogP contribution in [-0.4, -0.2) is 42.8 Å². The zero-order valence-corrected chi connectivity index (χ0v) is 9.76. The predicted molar refractivity (Wildman–Crippen MR) is 66.2 cm³/mol. The highest BCUT2D eigenvalue weighted by Gasteiger charge is 2.21. The smallest absolute Gasteiger partial charge is 0.0450 e. The molecule has 0 aromatic heterocycles. The van der Waals surface area contributed by atoms with E-state index >= 15 is 0 Å². The minimum atomic E-state index is 0.496. The standard InChI is InChI=1S/C11H18N2S/c1-4-5-10(8-12-2)11-9-14-7-6-13(11)3/h4-5,8,11H,2,6-7,9H2,1,3H3/b5-4-,10-8+. The first-order chi connectivity index (χ1) is 6.79. The molecule has 78 valence electrons. The van der Waals surface area contributed by atoms with Crippen molar-refractivity contribution in [3.8, 4) is 0 Å². The number of allylic oxidation sites excluding steroid dienone is 1. The third kappa shape index (κ3) is 3.00. The number of rotatable bonds is 3. The number of hydrogen-bond donors (Lipinski definition) is 0. The molecule has 0 saturated carbocycles. The average molecular weight is 210 g/mol. The van der Waals surface area contributed by atoms with Crippen LogP contribution in [0.25, 0.3) is 0 Å². The van der Waals surface area contributed by atoms with Gasteiger partial charge in [-0.15, -0.1) is 0 Å². The van der Waals surface area contributed by atoms with Gasteiger partial charge in [-0.1, -0.05) is 12.2 Å². The average Bonchev–Trinajstić information content (AvgIpc) is 2.18. The molecule has 1 aliphatic heterocycles. The van der Waals surface area contributed by atoms with Gasteiger partial charge >= 0.3 is 0 Å². The lowest BCUT2D eigenvalue weighted by molar-refractivity contribution is 0.304. The Kier molecular flexibility index (Phi) is 4.98. The molecule has 1 heterocycles. The van der Waals surface area contributed by atoms with E-state index in [0.717, 1.165) is 12.3 Å². The molecule has 3 heteroatoms. The Labute approximate surface area is 90.8 Å². The van der Waals surface area contributed by atoms with E-state index in [1.165, 1.54) is 11.3 Å². The minimum absolute atomic E-state index is 0.496. The molecule has 0 amide bonds. The summed E-state index contributed by atoms with van der Waals surface area (Å²) in [7, 11) is 2.17. The molecule has 1 rings (SSSR count). The molecule has 0 aromatic rings. The summed E-state index contributed by atoms with van der Waals surface area (Å²) >= 11 is 2.01. The Morgan fingerprint density at radius 1 is 1.64 bits per heavy atom. The molecular weight excluding hydrogens is 192 g/mol. The van der Waals surface area contributed by atoms with Crippen LogP contribution in [0.15, 0.2) is 28.9 Å². The van der Waals surface area contributed by atoms with Crippen molar-refractivity contribution >= 4 is 18.5 Å². The fraction of sp³-hybridized carbons (Fsp3) is 0.545. The maximum absolute atomic E-state index is 3.87. The SMILES string of the molecule is C=N/C=C(\C=C/C)C1CSCCN1C. The lowest BCUT2D eigenvalue weighted by Gasteiger charge is -2.32. The van der Waals surface area contributed by atoms with Crippen molar-refractivity contribution in [3.05, 3.63) is 23.9 Å². The molecule has 1 aliphatic rings. The van der Waals surface area contributed by atoms with E-state index in [4.69, 9.17) is 0 Å². The van der Waals surface area contributed by atoms with Crippen molar-refractivity contribution in [2.24, 2.45) is 4.99 Å². The van der Waals surface area contributed by atoms with Crippen LogP contribution in [0, 0.1) is 0 Å². The first-order valence-corrected chi connectivity index (χ1v) is 6.01. The van der Waals surface area contributed by atoms with E-state index in [0.29, 0.717) is 6.04 Å². The van der Waals surface area contributed by atoms with Gasteiger partial charge in [0, 0.05) is 30.3 Å². The maximum Gasteiger partial charge on any atom is 0.0450 e. The highest BCUT2D eigenvalue weighted by Crippen LogP contribution is 2.21. The van der Waals surface area contributed by atoms with Crippen molar-refractivity contribution in [1.29, 1.82) is 0 Å². The second-order valence-electron chi connectivity index (χ2n) is 3.38. The summed E-state index contributed by atoms with van der Waals surface area (Å²) in [4.78, 5) is 6.25. The molecular formula is C11H18N2S. The molecule has 0 aromatic carbocycles. The summed E-state index contributed by atoms with van der Waals surface area (Å²) in [5, 5.41) is 0. The normalized spacial score (nSPS) is 25.6. The van der Waals surface area contributed by atoms with Crippen molar-refractivity contribution < 1.29 is 0 Å². The van der Waals surface area contributed by atoms with E-state index in [9.17, 15) is 0 Å². The van der Waals surface area contributed by atoms with Gasteiger partial charge in [-0.25, -0.2) is 0 Å². The van der Waals surface area contributed by atoms with Gasteiger partial charge in [0.1, 0.15) is 0 Å². The van der Waals surface area contributed by atoms with E-state index in [1.54, 1.807) is 0 Å². The van der Waals surface area contributed by atoms with Crippen LogP contribution < -0.4 is 0 Å². The van der Waals surface area contributed by atoms with Crippen LogP contribution >= 0.6 is 11.8 Å². The third-order valence-electron chi connectivity index (χ3n) is 2.38. The van der Waals surface area contributed by atoms with E-state index in [1.807, 2.05) is 24.9 Å². The summed E-state index contributed by atoms with van der Waals surface area (Å²) in [6.07, 6.45) is 6.05. The van der Waals surface area contributed by atoms with Gasteiger partial charge in [0.05, 0.1) is 0 Å². The molecule has 1 unspecified atom stereocenters. The zero-order chi connectivity index (χ0) is 10.4. The van der Waals surface area contributed by atoms with E-state index < -0.39 is 0 Å². The molecule has 1 atom stereocenters. The molecule has 14 heavy (non-hydrogen) atoms. The molecule has 0 spiro atoms. The molecule has 0 radical (unpaired) electrons. The fourth-order valence-electron chi connectivity index (χ4n) is 1.58. The predicted octanol–water partition coefficient (Wildman–Crippen LogP) is 2.19. The van der Waals surface area contributed by atoms with Crippen LogP contribution in [0.3, 0.4) is 0 Å². The van der Waals surface area contributed by atoms with Gasteiger partial charge in [0.25, 0.3) is 0 Å². The second-order valence-corrected chi connectivity index (χ2v) is 4.53. The Hall–Kier alpha value is -0.540. The van der Waals surface area contributed by atoms with Gasteiger partial charge < -0.3 is 0 Å². The fourth-order valence-corrected chi connectivity index (χ4v) is 2.83.